The molecule has 1 amide bonds. The van der Waals surface area contributed by atoms with Gasteiger partial charge >= 0.3 is 5.97 Å². The molecule has 0 spiro atoms. The Kier molecular flexibility index (Phi) is 4.37. The summed E-state index contributed by atoms with van der Waals surface area (Å²) in [5.74, 6) is -1.41. The van der Waals surface area contributed by atoms with Gasteiger partial charge in [-0.25, -0.2) is 4.39 Å². The van der Waals surface area contributed by atoms with Gasteiger partial charge in [0.25, 0.3) is 0 Å². The fourth-order valence-corrected chi connectivity index (χ4v) is 2.29. The van der Waals surface area contributed by atoms with Gasteiger partial charge in [0.05, 0.1) is 5.92 Å². The summed E-state index contributed by atoms with van der Waals surface area (Å²) in [5, 5.41) is 8.88. The van der Waals surface area contributed by atoms with E-state index in [1.54, 1.807) is 24.0 Å². The number of halogens is 1. The third-order valence-corrected chi connectivity index (χ3v) is 3.90. The number of carbonyl (C=O) groups is 2. The van der Waals surface area contributed by atoms with Crippen LogP contribution in [0, 0.1) is 17.7 Å². The lowest BCUT2D eigenvalue weighted by Crippen LogP contribution is -2.53. The van der Waals surface area contributed by atoms with Crippen molar-refractivity contribution >= 4 is 11.9 Å². The maximum Gasteiger partial charge on any atom is 0.306 e. The SMILES string of the molecule is CC(C(=O)O)C1CN(C(=O)CCc2ccc(F)cc2)C1. The van der Waals surface area contributed by atoms with E-state index in [1.807, 2.05) is 0 Å². The predicted molar refractivity (Wildman–Crippen MR) is 71.6 cm³/mol. The first-order valence-electron chi connectivity index (χ1n) is 6.72. The van der Waals surface area contributed by atoms with Crippen molar-refractivity contribution < 1.29 is 19.1 Å². The van der Waals surface area contributed by atoms with Crippen molar-refractivity contribution in [3.05, 3.63) is 35.6 Å². The molecule has 1 aliphatic heterocycles. The maximum absolute atomic E-state index is 12.7. The Morgan fingerprint density at radius 3 is 2.50 bits per heavy atom. The highest BCUT2D eigenvalue weighted by atomic mass is 19.1. The molecule has 1 heterocycles. The van der Waals surface area contributed by atoms with Crippen molar-refractivity contribution in [3.63, 3.8) is 0 Å². The quantitative estimate of drug-likeness (QED) is 0.896. The zero-order chi connectivity index (χ0) is 14.7. The molecule has 0 saturated carbocycles. The van der Waals surface area contributed by atoms with Gasteiger partial charge in [0, 0.05) is 25.4 Å². The molecule has 1 aromatic carbocycles. The molecular weight excluding hydrogens is 261 g/mol. The number of likely N-dealkylation sites (tertiary alicyclic amines) is 1. The molecular formula is C15H18FNO3. The summed E-state index contributed by atoms with van der Waals surface area (Å²) in [5.41, 5.74) is 0.927. The van der Waals surface area contributed by atoms with Gasteiger partial charge in [-0.2, -0.15) is 0 Å². The van der Waals surface area contributed by atoms with Crippen LogP contribution in [-0.4, -0.2) is 35.0 Å². The van der Waals surface area contributed by atoms with Gasteiger partial charge in [0.1, 0.15) is 5.82 Å². The number of hydrogen-bond acceptors (Lipinski definition) is 2. The van der Waals surface area contributed by atoms with E-state index in [2.05, 4.69) is 0 Å². The lowest BCUT2D eigenvalue weighted by atomic mass is 9.87. The molecule has 1 atom stereocenters. The van der Waals surface area contributed by atoms with E-state index < -0.39 is 11.9 Å². The molecule has 1 N–H and O–H groups in total. The van der Waals surface area contributed by atoms with Crippen molar-refractivity contribution in [1.82, 2.24) is 4.90 Å². The van der Waals surface area contributed by atoms with Crippen molar-refractivity contribution in [1.29, 1.82) is 0 Å². The number of aliphatic carboxylic acids is 1. The molecule has 1 unspecified atom stereocenters. The summed E-state index contributed by atoms with van der Waals surface area (Å²) in [7, 11) is 0. The Balaban J connectivity index is 1.75. The van der Waals surface area contributed by atoms with E-state index in [-0.39, 0.29) is 17.6 Å². The molecule has 108 valence electrons. The fourth-order valence-electron chi connectivity index (χ4n) is 2.29. The van der Waals surface area contributed by atoms with E-state index in [9.17, 15) is 14.0 Å². The monoisotopic (exact) mass is 279 g/mol. The Bertz CT molecular complexity index is 494. The highest BCUT2D eigenvalue weighted by molar-refractivity contribution is 5.78. The van der Waals surface area contributed by atoms with Crippen molar-refractivity contribution in [2.24, 2.45) is 11.8 Å². The minimum absolute atomic E-state index is 0.0307. The van der Waals surface area contributed by atoms with E-state index in [0.29, 0.717) is 25.9 Å². The third-order valence-electron chi connectivity index (χ3n) is 3.90. The van der Waals surface area contributed by atoms with Crippen molar-refractivity contribution in [2.45, 2.75) is 19.8 Å². The van der Waals surface area contributed by atoms with Gasteiger partial charge in [-0.1, -0.05) is 19.1 Å². The van der Waals surface area contributed by atoms with E-state index in [1.165, 1.54) is 12.1 Å². The molecule has 0 radical (unpaired) electrons. The zero-order valence-electron chi connectivity index (χ0n) is 11.4. The first-order chi connectivity index (χ1) is 9.47. The number of rotatable bonds is 5. The second-order valence-corrected chi connectivity index (χ2v) is 5.31. The van der Waals surface area contributed by atoms with Crippen LogP contribution in [0.2, 0.25) is 0 Å². The third kappa shape index (κ3) is 3.35. The van der Waals surface area contributed by atoms with Crippen LogP contribution in [0.3, 0.4) is 0 Å². The van der Waals surface area contributed by atoms with Gasteiger partial charge < -0.3 is 10.0 Å². The molecule has 0 aromatic heterocycles. The summed E-state index contributed by atoms with van der Waals surface area (Å²) in [4.78, 5) is 24.4. The summed E-state index contributed by atoms with van der Waals surface area (Å²) in [6, 6.07) is 6.12. The molecule has 1 aromatic rings. The number of carbonyl (C=O) groups excluding carboxylic acids is 1. The van der Waals surface area contributed by atoms with Gasteiger partial charge in [-0.05, 0) is 24.1 Å². The molecule has 1 aliphatic rings. The number of benzene rings is 1. The Labute approximate surface area is 117 Å². The Morgan fingerprint density at radius 2 is 1.95 bits per heavy atom. The first-order valence-corrected chi connectivity index (χ1v) is 6.72. The molecule has 2 rings (SSSR count). The smallest absolute Gasteiger partial charge is 0.306 e. The normalized spacial score (nSPS) is 16.6. The molecule has 0 bridgehead atoms. The number of amides is 1. The van der Waals surface area contributed by atoms with Crippen LogP contribution in [0.4, 0.5) is 4.39 Å². The molecule has 20 heavy (non-hydrogen) atoms. The van der Waals surface area contributed by atoms with Crippen LogP contribution in [-0.2, 0) is 16.0 Å². The van der Waals surface area contributed by atoms with E-state index in [0.717, 1.165) is 5.56 Å². The van der Waals surface area contributed by atoms with Gasteiger partial charge in [-0.3, -0.25) is 9.59 Å². The van der Waals surface area contributed by atoms with Crippen LogP contribution >= 0.6 is 0 Å². The lowest BCUT2D eigenvalue weighted by Gasteiger charge is -2.41. The summed E-state index contributed by atoms with van der Waals surface area (Å²) in [6.45, 7) is 2.72. The largest absolute Gasteiger partial charge is 0.481 e. The topological polar surface area (TPSA) is 57.6 Å². The van der Waals surface area contributed by atoms with E-state index >= 15 is 0 Å². The molecule has 1 fully saturated rings. The molecule has 0 aliphatic carbocycles. The Morgan fingerprint density at radius 1 is 1.35 bits per heavy atom. The van der Waals surface area contributed by atoms with Gasteiger partial charge in [0.15, 0.2) is 0 Å². The number of carboxylic acid groups (broad SMARTS) is 1. The standard InChI is InChI=1S/C15H18FNO3/c1-10(15(19)20)12-8-17(9-12)14(18)7-4-11-2-5-13(16)6-3-11/h2-3,5-6,10,12H,4,7-9H2,1H3,(H,19,20). The average molecular weight is 279 g/mol. The highest BCUT2D eigenvalue weighted by Crippen LogP contribution is 2.24. The second kappa shape index (κ2) is 6.03. The summed E-state index contributed by atoms with van der Waals surface area (Å²) < 4.78 is 12.7. The van der Waals surface area contributed by atoms with E-state index in [4.69, 9.17) is 5.11 Å². The van der Waals surface area contributed by atoms with Gasteiger partial charge in [-0.15, -0.1) is 0 Å². The summed E-state index contributed by atoms with van der Waals surface area (Å²) >= 11 is 0. The number of carboxylic acids is 1. The lowest BCUT2D eigenvalue weighted by molar-refractivity contribution is -0.150. The molecule has 1 saturated heterocycles. The fraction of sp³-hybridized carbons (Fsp3) is 0.467. The number of nitrogens with zero attached hydrogens (tertiary/aromatic N) is 1. The van der Waals surface area contributed by atoms with Crippen LogP contribution in [0.5, 0.6) is 0 Å². The zero-order valence-corrected chi connectivity index (χ0v) is 11.4. The minimum Gasteiger partial charge on any atom is -0.481 e. The Hall–Kier alpha value is -1.91. The highest BCUT2D eigenvalue weighted by Gasteiger charge is 2.36. The first kappa shape index (κ1) is 14.5. The maximum atomic E-state index is 12.7. The average Bonchev–Trinajstić information content (AvgIpc) is 2.36. The van der Waals surface area contributed by atoms with Crippen LogP contribution < -0.4 is 0 Å². The number of hydrogen-bond donors (Lipinski definition) is 1. The molecule has 4 nitrogen and oxygen atoms in total. The second-order valence-electron chi connectivity index (χ2n) is 5.31. The number of aryl methyl sites for hydroxylation is 1. The minimum atomic E-state index is -0.812. The summed E-state index contributed by atoms with van der Waals surface area (Å²) in [6.07, 6.45) is 0.953. The predicted octanol–water partition coefficient (Wildman–Crippen LogP) is 1.94. The van der Waals surface area contributed by atoms with Crippen molar-refractivity contribution in [2.75, 3.05) is 13.1 Å². The van der Waals surface area contributed by atoms with Crippen LogP contribution in [0.15, 0.2) is 24.3 Å². The van der Waals surface area contributed by atoms with Crippen LogP contribution in [0.1, 0.15) is 18.9 Å². The van der Waals surface area contributed by atoms with Gasteiger partial charge in [0.2, 0.25) is 5.91 Å². The van der Waals surface area contributed by atoms with Crippen molar-refractivity contribution in [3.8, 4) is 0 Å². The van der Waals surface area contributed by atoms with Crippen LogP contribution in [0.25, 0.3) is 0 Å². The molecule has 5 heteroatoms.